The van der Waals surface area contributed by atoms with Crippen molar-refractivity contribution in [2.24, 2.45) is 7.05 Å². The molecule has 11 heteroatoms. The molecule has 180 valence electrons. The zero-order valence-corrected chi connectivity index (χ0v) is 19.7. The Hall–Kier alpha value is -3.08. The van der Waals surface area contributed by atoms with Crippen molar-refractivity contribution in [1.82, 2.24) is 19.4 Å². The van der Waals surface area contributed by atoms with Crippen molar-refractivity contribution in [3.63, 3.8) is 0 Å². The zero-order chi connectivity index (χ0) is 24.1. The van der Waals surface area contributed by atoms with Crippen LogP contribution in [0.1, 0.15) is 0 Å². The number of morpholine rings is 1. The van der Waals surface area contributed by atoms with Gasteiger partial charge in [0.05, 0.1) is 46.9 Å². The number of nitrogens with one attached hydrogen (secondary N) is 1. The highest BCUT2D eigenvalue weighted by Crippen LogP contribution is 2.26. The van der Waals surface area contributed by atoms with E-state index in [1.165, 1.54) is 10.9 Å². The maximum Gasteiger partial charge on any atom is 0.264 e. The lowest BCUT2D eigenvalue weighted by Gasteiger charge is -2.26. The van der Waals surface area contributed by atoms with Crippen LogP contribution >= 0.6 is 0 Å². The summed E-state index contributed by atoms with van der Waals surface area (Å²) in [6, 6.07) is 8.51. The second-order valence-electron chi connectivity index (χ2n) is 8.00. The third-order valence-electron chi connectivity index (χ3n) is 5.77. The number of ether oxygens (including phenoxy) is 1. The molecule has 3 heterocycles. The number of aromatic nitrogens is 3. The fourth-order valence-corrected chi connectivity index (χ4v) is 5.31. The molecule has 1 aliphatic heterocycles. The Bertz CT molecular complexity index is 1370. The molecule has 10 nitrogen and oxygen atoms in total. The van der Waals surface area contributed by atoms with Crippen LogP contribution in [0.15, 0.2) is 46.3 Å². The van der Waals surface area contributed by atoms with E-state index in [1.54, 1.807) is 42.6 Å². The summed E-state index contributed by atoms with van der Waals surface area (Å²) in [5, 5.41) is 14.3. The van der Waals surface area contributed by atoms with Crippen LogP contribution in [0.5, 0.6) is 0 Å². The number of rotatable bonds is 8. The zero-order valence-electron chi connectivity index (χ0n) is 18.9. The van der Waals surface area contributed by atoms with Crippen LogP contribution in [0.25, 0.3) is 22.2 Å². The SMILES string of the molecule is Cn1cnc2cc(-c3ccc(S(=O)(=C=O)CCN4CCOCC4)cc3)nc(NCCO)c2c1=O. The Labute approximate surface area is 197 Å². The number of hydrogen-bond acceptors (Lipinski definition) is 9. The van der Waals surface area contributed by atoms with Gasteiger partial charge in [-0.1, -0.05) is 12.1 Å². The Balaban J connectivity index is 1.64. The molecule has 1 aromatic carbocycles. The van der Waals surface area contributed by atoms with E-state index in [2.05, 4.69) is 20.2 Å². The number of benzene rings is 1. The third-order valence-corrected chi connectivity index (χ3v) is 7.83. The molecule has 0 spiro atoms. The van der Waals surface area contributed by atoms with E-state index >= 15 is 0 Å². The molecule has 34 heavy (non-hydrogen) atoms. The summed E-state index contributed by atoms with van der Waals surface area (Å²) < 4.78 is 20.0. The van der Waals surface area contributed by atoms with Crippen molar-refractivity contribution in [2.45, 2.75) is 4.90 Å². The predicted molar refractivity (Wildman–Crippen MR) is 130 cm³/mol. The maximum absolute atomic E-state index is 13.3. The molecule has 1 saturated heterocycles. The van der Waals surface area contributed by atoms with E-state index in [-0.39, 0.29) is 24.5 Å². The highest BCUT2D eigenvalue weighted by Gasteiger charge is 2.18. The van der Waals surface area contributed by atoms with E-state index in [9.17, 15) is 18.9 Å². The first-order valence-corrected chi connectivity index (χ1v) is 12.7. The van der Waals surface area contributed by atoms with Gasteiger partial charge in [0.15, 0.2) is 5.23 Å². The van der Waals surface area contributed by atoms with E-state index < -0.39 is 9.52 Å². The Morgan fingerprint density at radius 3 is 2.65 bits per heavy atom. The molecule has 0 aliphatic carbocycles. The molecule has 0 radical (unpaired) electrons. The lowest BCUT2D eigenvalue weighted by Crippen LogP contribution is -2.39. The summed E-state index contributed by atoms with van der Waals surface area (Å²) in [6.45, 7) is 3.42. The van der Waals surface area contributed by atoms with Gasteiger partial charge in [-0.05, 0) is 18.2 Å². The molecule has 1 aliphatic rings. The number of hydrogen-bond donors (Lipinski definition) is 2. The van der Waals surface area contributed by atoms with Crippen molar-refractivity contribution in [3.05, 3.63) is 47.0 Å². The van der Waals surface area contributed by atoms with Crippen LogP contribution in [0, 0.1) is 0 Å². The molecule has 3 aromatic rings. The molecule has 4 rings (SSSR count). The molecular formula is C23H27N5O5S. The third kappa shape index (κ3) is 5.03. The number of nitrogens with zero attached hydrogens (tertiary/aromatic N) is 4. The Morgan fingerprint density at radius 1 is 1.24 bits per heavy atom. The number of aliphatic hydroxyl groups excluding tert-OH is 1. The van der Waals surface area contributed by atoms with Crippen LogP contribution in [0.4, 0.5) is 5.82 Å². The smallest absolute Gasteiger partial charge is 0.264 e. The number of pyridine rings is 1. The predicted octanol–water partition coefficient (Wildman–Crippen LogP) is 0.442. The van der Waals surface area contributed by atoms with Gasteiger partial charge in [0, 0.05) is 49.4 Å². The monoisotopic (exact) mass is 485 g/mol. The second kappa shape index (κ2) is 10.5. The highest BCUT2D eigenvalue weighted by molar-refractivity contribution is 8.00. The summed E-state index contributed by atoms with van der Waals surface area (Å²) in [4.78, 5) is 35.8. The van der Waals surface area contributed by atoms with Gasteiger partial charge in [0.25, 0.3) is 5.56 Å². The lowest BCUT2D eigenvalue weighted by molar-refractivity contribution is 0.0409. The van der Waals surface area contributed by atoms with Crippen LogP contribution in [0.3, 0.4) is 0 Å². The minimum atomic E-state index is -2.97. The summed E-state index contributed by atoms with van der Waals surface area (Å²) in [5.41, 5.74) is 1.48. The van der Waals surface area contributed by atoms with Gasteiger partial charge in [-0.15, -0.1) is 0 Å². The van der Waals surface area contributed by atoms with Gasteiger partial charge in [-0.3, -0.25) is 13.9 Å². The number of carbonyl (C=O) groups excluding carboxylic acids is 1. The van der Waals surface area contributed by atoms with Gasteiger partial charge in [0.1, 0.15) is 11.2 Å². The summed E-state index contributed by atoms with van der Waals surface area (Å²) in [6.07, 6.45) is 1.44. The van der Waals surface area contributed by atoms with Gasteiger partial charge in [-0.25, -0.2) is 14.8 Å². The van der Waals surface area contributed by atoms with E-state index in [0.717, 1.165) is 13.1 Å². The fourth-order valence-electron chi connectivity index (χ4n) is 3.81. The van der Waals surface area contributed by atoms with Gasteiger partial charge in [-0.2, -0.15) is 0 Å². The standard InChI is InChI=1S/C23H27N5O5S/c1-27-15-25-20-14-19(26-22(24-6-10-29)21(20)23(27)31)17-2-4-18(5-3-17)34(32,16-30)13-9-28-7-11-33-12-8-28/h2-5,14-15,29H,6-13H2,1H3,(H,24,26). The van der Waals surface area contributed by atoms with Gasteiger partial charge >= 0.3 is 0 Å². The summed E-state index contributed by atoms with van der Waals surface area (Å²) >= 11 is 0. The molecule has 1 atom stereocenters. The second-order valence-corrected chi connectivity index (χ2v) is 10.4. The largest absolute Gasteiger partial charge is 0.395 e. The van der Waals surface area contributed by atoms with Crippen molar-refractivity contribution in [2.75, 3.05) is 57.1 Å². The Kier molecular flexibility index (Phi) is 7.40. The Morgan fingerprint density at radius 2 is 1.97 bits per heavy atom. The van der Waals surface area contributed by atoms with Crippen molar-refractivity contribution >= 4 is 31.5 Å². The molecule has 0 bridgehead atoms. The van der Waals surface area contributed by atoms with E-state index in [0.29, 0.717) is 52.6 Å². The summed E-state index contributed by atoms with van der Waals surface area (Å²) in [7, 11) is -1.37. The molecule has 0 saturated carbocycles. The first-order chi connectivity index (χ1) is 16.4. The average Bonchev–Trinajstić information content (AvgIpc) is 2.88. The van der Waals surface area contributed by atoms with Crippen molar-refractivity contribution in [3.8, 4) is 11.3 Å². The first kappa shape index (κ1) is 24.1. The molecule has 1 unspecified atom stereocenters. The van der Waals surface area contributed by atoms with E-state index in [4.69, 9.17) is 4.74 Å². The first-order valence-electron chi connectivity index (χ1n) is 11.0. The van der Waals surface area contributed by atoms with Crippen LogP contribution in [0.2, 0.25) is 0 Å². The normalized spacial score (nSPS) is 16.2. The molecular weight excluding hydrogens is 458 g/mol. The van der Waals surface area contributed by atoms with Crippen LogP contribution < -0.4 is 10.9 Å². The molecule has 1 fully saturated rings. The molecule has 2 N–H and O–H groups in total. The van der Waals surface area contributed by atoms with Crippen LogP contribution in [-0.4, -0.2) is 85.7 Å². The quantitative estimate of drug-likeness (QED) is 0.437. The minimum Gasteiger partial charge on any atom is -0.395 e. The lowest BCUT2D eigenvalue weighted by atomic mass is 10.1. The fraction of sp³-hybridized carbons (Fsp3) is 0.391. The number of fused-ring (bicyclic) bond motifs is 1. The molecule has 2 aromatic heterocycles. The number of anilines is 1. The average molecular weight is 486 g/mol. The van der Waals surface area contributed by atoms with Gasteiger partial charge in [0.2, 0.25) is 0 Å². The molecule has 0 amide bonds. The number of aliphatic hydroxyl groups is 1. The topological polar surface area (TPSA) is 127 Å². The van der Waals surface area contributed by atoms with E-state index in [1.807, 2.05) is 0 Å². The summed E-state index contributed by atoms with van der Waals surface area (Å²) in [5.74, 6) is 0.529. The number of aryl methyl sites for hydroxylation is 1. The maximum atomic E-state index is 13.3. The van der Waals surface area contributed by atoms with Crippen molar-refractivity contribution in [1.29, 1.82) is 0 Å². The van der Waals surface area contributed by atoms with Crippen LogP contribution in [-0.2, 0) is 26.1 Å². The van der Waals surface area contributed by atoms with Crippen molar-refractivity contribution < 1.29 is 18.8 Å². The van der Waals surface area contributed by atoms with Gasteiger partial charge < -0.3 is 19.7 Å². The minimum absolute atomic E-state index is 0.121. The highest BCUT2D eigenvalue weighted by atomic mass is 32.2.